The second-order valence-electron chi connectivity index (χ2n) is 8.29. The average molecular weight is 476 g/mol. The van der Waals surface area contributed by atoms with Crippen LogP contribution in [0.3, 0.4) is 0 Å². The number of ether oxygens (including phenoxy) is 3. The molecule has 1 aliphatic heterocycles. The first kappa shape index (κ1) is 23.9. The van der Waals surface area contributed by atoms with Crippen LogP contribution >= 0.6 is 0 Å². The van der Waals surface area contributed by atoms with Gasteiger partial charge in [-0.25, -0.2) is 4.98 Å². The lowest BCUT2D eigenvalue weighted by Crippen LogP contribution is -2.31. The van der Waals surface area contributed by atoms with Gasteiger partial charge in [-0.1, -0.05) is 0 Å². The Balaban J connectivity index is 1.85. The summed E-state index contributed by atoms with van der Waals surface area (Å²) in [6.45, 7) is 1.95. The molecule has 8 heteroatoms. The highest BCUT2D eigenvalue weighted by Crippen LogP contribution is 2.44. The molecule has 180 valence electrons. The van der Waals surface area contributed by atoms with E-state index in [9.17, 15) is 14.4 Å². The first-order valence-corrected chi connectivity index (χ1v) is 11.1. The van der Waals surface area contributed by atoms with Gasteiger partial charge in [0.15, 0.2) is 18.2 Å². The Morgan fingerprint density at radius 3 is 2.34 bits per heavy atom. The summed E-state index contributed by atoms with van der Waals surface area (Å²) in [6, 6.07) is 12.9. The summed E-state index contributed by atoms with van der Waals surface area (Å²) in [5.74, 6) is -1.55. The molecule has 0 aliphatic carbocycles. The van der Waals surface area contributed by atoms with Gasteiger partial charge in [-0.05, 0) is 55.0 Å². The number of nitrogens with zero attached hydrogens (tertiary/aromatic N) is 1. The third-order valence-corrected chi connectivity index (χ3v) is 6.25. The second-order valence-corrected chi connectivity index (χ2v) is 8.29. The van der Waals surface area contributed by atoms with Gasteiger partial charge in [0.25, 0.3) is 5.91 Å². The molecule has 2 unspecified atom stereocenters. The normalized spacial score (nSPS) is 17.4. The van der Waals surface area contributed by atoms with Gasteiger partial charge in [0.1, 0.15) is 23.2 Å². The van der Waals surface area contributed by atoms with E-state index in [4.69, 9.17) is 14.2 Å². The lowest BCUT2D eigenvalue weighted by molar-refractivity contribution is -0.378. The van der Waals surface area contributed by atoms with Crippen LogP contribution in [0.15, 0.2) is 60.9 Å². The van der Waals surface area contributed by atoms with E-state index in [0.29, 0.717) is 28.4 Å². The molecule has 1 aliphatic rings. The van der Waals surface area contributed by atoms with Crippen LogP contribution in [-0.2, 0) is 16.1 Å². The Kier molecular flexibility index (Phi) is 6.82. The zero-order chi connectivity index (χ0) is 25.1. The fourth-order valence-electron chi connectivity index (χ4n) is 4.51. The smallest absolute Gasteiger partial charge is 0.291 e. The summed E-state index contributed by atoms with van der Waals surface area (Å²) < 4.78 is 16.3. The summed E-state index contributed by atoms with van der Waals surface area (Å²) in [4.78, 5) is 44.8. The van der Waals surface area contributed by atoms with Crippen molar-refractivity contribution in [2.75, 3.05) is 21.3 Å². The molecule has 1 N–H and O–H groups in total. The van der Waals surface area contributed by atoms with Crippen molar-refractivity contribution in [2.24, 2.45) is 5.92 Å². The minimum Gasteiger partial charge on any atom is -0.497 e. The Bertz CT molecular complexity index is 1270. The standard InChI is InChI=1S/C27H26N2O6/c1-16-12-18(7-9-21(16)34-3)25(30)23-24(20-13-19(33-2)8-10-22(20)35-4)29(27(32)26(23)31)15-17-6-5-11-28-14-17/h5-14,23-24H,15H2,1-4H3/p+1. The number of ketones is 2. The van der Waals surface area contributed by atoms with E-state index >= 15 is 0 Å². The molecule has 4 rings (SSSR count). The molecule has 8 nitrogen and oxygen atoms in total. The molecule has 2 heterocycles. The van der Waals surface area contributed by atoms with Crippen LogP contribution in [0.25, 0.3) is 0 Å². The molecule has 1 amide bonds. The van der Waals surface area contributed by atoms with Crippen LogP contribution in [0.2, 0.25) is 0 Å². The minimum atomic E-state index is -1.25. The number of amides is 1. The van der Waals surface area contributed by atoms with E-state index in [1.807, 2.05) is 19.1 Å². The van der Waals surface area contributed by atoms with E-state index in [1.54, 1.807) is 55.9 Å². The molecule has 1 saturated heterocycles. The first-order valence-electron chi connectivity index (χ1n) is 11.1. The van der Waals surface area contributed by atoms with Gasteiger partial charge in [-0.3, -0.25) is 14.4 Å². The van der Waals surface area contributed by atoms with Crippen molar-refractivity contribution >= 4 is 17.5 Å². The molecule has 2 atom stereocenters. The van der Waals surface area contributed by atoms with E-state index in [2.05, 4.69) is 4.98 Å². The van der Waals surface area contributed by atoms with Crippen molar-refractivity contribution in [3.8, 4) is 17.2 Å². The summed E-state index contributed by atoms with van der Waals surface area (Å²) in [7, 11) is 4.58. The van der Waals surface area contributed by atoms with Crippen LogP contribution in [0.5, 0.6) is 17.2 Å². The van der Waals surface area contributed by atoms with Gasteiger partial charge in [0.05, 0.1) is 33.9 Å². The van der Waals surface area contributed by atoms with Crippen molar-refractivity contribution in [1.82, 2.24) is 4.90 Å². The number of H-pyrrole nitrogens is 1. The third-order valence-electron chi connectivity index (χ3n) is 6.25. The Labute approximate surface area is 203 Å². The lowest BCUT2D eigenvalue weighted by atomic mass is 9.85. The van der Waals surface area contributed by atoms with Crippen molar-refractivity contribution in [3.05, 3.63) is 83.2 Å². The number of pyridine rings is 1. The third kappa shape index (κ3) is 4.47. The van der Waals surface area contributed by atoms with Crippen LogP contribution in [0, 0.1) is 12.8 Å². The van der Waals surface area contributed by atoms with Gasteiger partial charge in [-0.15, -0.1) is 0 Å². The van der Waals surface area contributed by atoms with Gasteiger partial charge >= 0.3 is 0 Å². The zero-order valence-corrected chi connectivity index (χ0v) is 20.0. The van der Waals surface area contributed by atoms with E-state index in [0.717, 1.165) is 11.1 Å². The van der Waals surface area contributed by atoms with Crippen LogP contribution in [0.4, 0.5) is 0 Å². The second kappa shape index (κ2) is 9.97. The van der Waals surface area contributed by atoms with Gasteiger partial charge in [-0.2, -0.15) is 0 Å². The largest absolute Gasteiger partial charge is 0.497 e. The molecular formula is C27H27N2O6+. The predicted octanol–water partition coefficient (Wildman–Crippen LogP) is 2.99. The molecule has 2 aromatic carbocycles. The first-order chi connectivity index (χ1) is 16.9. The van der Waals surface area contributed by atoms with Crippen LogP contribution < -0.4 is 19.2 Å². The zero-order valence-electron chi connectivity index (χ0n) is 20.0. The van der Waals surface area contributed by atoms with Crippen molar-refractivity contribution < 1.29 is 33.6 Å². The highest BCUT2D eigenvalue weighted by atomic mass is 16.5. The fourth-order valence-corrected chi connectivity index (χ4v) is 4.51. The Morgan fingerprint density at radius 1 is 0.971 bits per heavy atom. The molecule has 0 bridgehead atoms. The number of hydrogen-bond acceptors (Lipinski definition) is 6. The predicted molar refractivity (Wildman–Crippen MR) is 126 cm³/mol. The van der Waals surface area contributed by atoms with Crippen molar-refractivity contribution in [1.29, 1.82) is 0 Å². The number of methoxy groups -OCH3 is 3. The topological polar surface area (TPSA) is 96.3 Å². The average Bonchev–Trinajstić information content (AvgIpc) is 3.13. The maximum atomic E-state index is 13.8. The molecule has 1 fully saturated rings. The van der Waals surface area contributed by atoms with E-state index < -0.39 is 29.4 Å². The summed E-state index contributed by atoms with van der Waals surface area (Å²) in [6.07, 6.45) is 3.50. The molecular weight excluding hydrogens is 448 g/mol. The molecule has 0 spiro atoms. The maximum Gasteiger partial charge on any atom is 0.291 e. The number of aromatic amines is 1. The number of aryl methyl sites for hydroxylation is 1. The molecule has 35 heavy (non-hydrogen) atoms. The van der Waals surface area contributed by atoms with Crippen molar-refractivity contribution in [3.63, 3.8) is 0 Å². The number of benzene rings is 2. The van der Waals surface area contributed by atoms with Crippen molar-refractivity contribution in [2.45, 2.75) is 19.5 Å². The van der Waals surface area contributed by atoms with Gasteiger partial charge in [0.2, 0.25) is 5.78 Å². The fraction of sp³-hybridized carbons (Fsp3) is 0.259. The molecule has 0 saturated carbocycles. The van der Waals surface area contributed by atoms with Crippen LogP contribution in [-0.4, -0.2) is 43.7 Å². The molecule has 3 aromatic rings. The number of Topliss-reactive ketones (excluding diaryl/α,β-unsaturated/α-hetero) is 2. The molecule has 1 aromatic heterocycles. The summed E-state index contributed by atoms with van der Waals surface area (Å²) >= 11 is 0. The number of carbonyl (C=O) groups is 3. The van der Waals surface area contributed by atoms with Crippen LogP contribution in [0.1, 0.15) is 33.1 Å². The number of nitrogens with one attached hydrogen (secondary N) is 1. The summed E-state index contributed by atoms with van der Waals surface area (Å²) in [5.41, 5.74) is 2.39. The highest BCUT2D eigenvalue weighted by molar-refractivity contribution is 6.44. The monoisotopic (exact) mass is 475 g/mol. The Hall–Kier alpha value is -4.20. The quantitative estimate of drug-likeness (QED) is 0.282. The van der Waals surface area contributed by atoms with Gasteiger partial charge in [0, 0.05) is 22.8 Å². The number of hydrogen-bond donors (Lipinski definition) is 0. The number of aromatic nitrogens is 1. The number of likely N-dealkylation sites (tertiary alicyclic amines) is 1. The van der Waals surface area contributed by atoms with Gasteiger partial charge < -0.3 is 19.1 Å². The Morgan fingerprint density at radius 2 is 1.71 bits per heavy atom. The molecule has 0 radical (unpaired) electrons. The van der Waals surface area contributed by atoms with E-state index in [1.165, 1.54) is 19.1 Å². The van der Waals surface area contributed by atoms with E-state index in [-0.39, 0.29) is 6.54 Å². The highest BCUT2D eigenvalue weighted by Gasteiger charge is 2.52. The SMILES string of the molecule is COc1ccc(OC)c(C2C(C(=O)c3ccc(OC)c(C)c3)C(=O)C(=O)N2Cc2ccc[nH+]c2)c1. The number of carbonyl (C=O) groups excluding carboxylic acids is 3. The maximum absolute atomic E-state index is 13.8. The lowest BCUT2D eigenvalue weighted by Gasteiger charge is -2.28. The summed E-state index contributed by atoms with van der Waals surface area (Å²) in [5, 5.41) is 0. The number of rotatable bonds is 8. The minimum absolute atomic E-state index is 0.137.